The molecule has 7 heteroatoms. The molecule has 0 aromatic carbocycles. The van der Waals surface area contributed by atoms with Crippen LogP contribution in [0.3, 0.4) is 0 Å². The van der Waals surface area contributed by atoms with Crippen LogP contribution in [0.15, 0.2) is 24.5 Å². The summed E-state index contributed by atoms with van der Waals surface area (Å²) in [7, 11) is 1.88. The van der Waals surface area contributed by atoms with Gasteiger partial charge in [-0.05, 0) is 44.9 Å². The van der Waals surface area contributed by atoms with Gasteiger partial charge in [0.05, 0.1) is 0 Å². The number of carbonyl (C=O) groups is 1. The number of amides is 1. The Hall–Kier alpha value is -0.880. The maximum Gasteiger partial charge on any atom is 0.227 e. The number of nitrogens with zero attached hydrogens (tertiary/aromatic N) is 1. The third kappa shape index (κ3) is 5.63. The van der Waals surface area contributed by atoms with Gasteiger partial charge in [-0.3, -0.25) is 20.6 Å². The van der Waals surface area contributed by atoms with Crippen LogP contribution in [0.2, 0.25) is 0 Å². The first kappa shape index (κ1) is 19.1. The summed E-state index contributed by atoms with van der Waals surface area (Å²) >= 11 is 0. The molecule has 0 atom stereocenters. The lowest BCUT2D eigenvalue weighted by atomic mass is 9.85. The molecule has 0 unspecified atom stereocenters. The van der Waals surface area contributed by atoms with Crippen molar-refractivity contribution in [3.63, 3.8) is 0 Å². The van der Waals surface area contributed by atoms with Crippen LogP contribution in [0.5, 0.6) is 0 Å². The Morgan fingerprint density at radius 1 is 1.15 bits per heavy atom. The molecule has 0 saturated heterocycles. The van der Waals surface area contributed by atoms with E-state index in [1.165, 1.54) is 0 Å². The molecule has 0 radical (unpaired) electrons. The van der Waals surface area contributed by atoms with E-state index in [2.05, 4.69) is 21.2 Å². The van der Waals surface area contributed by atoms with Crippen molar-refractivity contribution in [1.82, 2.24) is 15.8 Å². The standard InChI is InChI=1S/C13H20N4O.2ClH/c1-14-17-12-4-2-10(3-5-12)13(18)16-11-6-8-15-9-7-11;;/h6-10,12,14,17H,2-5H2,1H3,(H,15,16,18);2*1H. The van der Waals surface area contributed by atoms with Crippen LogP contribution < -0.4 is 16.2 Å². The van der Waals surface area contributed by atoms with Gasteiger partial charge >= 0.3 is 0 Å². The van der Waals surface area contributed by atoms with E-state index in [9.17, 15) is 4.79 Å². The van der Waals surface area contributed by atoms with Gasteiger partial charge in [0.25, 0.3) is 0 Å². The van der Waals surface area contributed by atoms with Crippen molar-refractivity contribution in [2.24, 2.45) is 5.92 Å². The normalized spacial score (nSPS) is 21.2. The van der Waals surface area contributed by atoms with E-state index in [4.69, 9.17) is 0 Å². The highest BCUT2D eigenvalue weighted by molar-refractivity contribution is 5.92. The zero-order valence-corrected chi connectivity index (χ0v) is 13.1. The van der Waals surface area contributed by atoms with Crippen LogP contribution in [0, 0.1) is 5.92 Å². The van der Waals surface area contributed by atoms with E-state index >= 15 is 0 Å². The number of nitrogens with one attached hydrogen (secondary N) is 3. The molecule has 2 rings (SSSR count). The topological polar surface area (TPSA) is 66.0 Å². The minimum absolute atomic E-state index is 0. The van der Waals surface area contributed by atoms with E-state index < -0.39 is 0 Å². The smallest absolute Gasteiger partial charge is 0.227 e. The number of pyridine rings is 1. The second-order valence-electron chi connectivity index (χ2n) is 4.67. The largest absolute Gasteiger partial charge is 0.326 e. The molecule has 5 nitrogen and oxygen atoms in total. The van der Waals surface area contributed by atoms with Crippen LogP contribution in [0.4, 0.5) is 5.69 Å². The fourth-order valence-corrected chi connectivity index (χ4v) is 2.38. The number of hydrogen-bond acceptors (Lipinski definition) is 4. The molecule has 1 saturated carbocycles. The maximum atomic E-state index is 12.1. The van der Waals surface area contributed by atoms with Gasteiger partial charge in [0, 0.05) is 30.0 Å². The lowest BCUT2D eigenvalue weighted by molar-refractivity contribution is -0.120. The molecule has 0 aliphatic heterocycles. The number of hydrazine groups is 1. The Morgan fingerprint density at radius 2 is 1.75 bits per heavy atom. The summed E-state index contributed by atoms with van der Waals surface area (Å²) in [5.41, 5.74) is 6.99. The van der Waals surface area contributed by atoms with Gasteiger partial charge in [-0.25, -0.2) is 0 Å². The first-order chi connectivity index (χ1) is 8.79. The van der Waals surface area contributed by atoms with Crippen LogP contribution in [0.1, 0.15) is 25.7 Å². The second-order valence-corrected chi connectivity index (χ2v) is 4.67. The Kier molecular flexibility index (Phi) is 9.50. The molecule has 1 aromatic heterocycles. The summed E-state index contributed by atoms with van der Waals surface area (Å²) in [4.78, 5) is 16.0. The number of halogens is 2. The Bertz CT molecular complexity index is 383. The van der Waals surface area contributed by atoms with Crippen molar-refractivity contribution in [3.05, 3.63) is 24.5 Å². The van der Waals surface area contributed by atoms with Crippen molar-refractivity contribution in [2.45, 2.75) is 31.7 Å². The summed E-state index contributed by atoms with van der Waals surface area (Å²) in [5, 5.41) is 2.94. The molecule has 0 bridgehead atoms. The van der Waals surface area contributed by atoms with Gasteiger partial charge in [0.1, 0.15) is 0 Å². The monoisotopic (exact) mass is 320 g/mol. The summed E-state index contributed by atoms with van der Waals surface area (Å²) in [6.07, 6.45) is 7.32. The SMILES string of the molecule is CNNC1CCC(C(=O)Nc2ccncc2)CC1.Cl.Cl. The van der Waals surface area contributed by atoms with Crippen molar-refractivity contribution < 1.29 is 4.79 Å². The van der Waals surface area contributed by atoms with Crippen molar-refractivity contribution >= 4 is 36.4 Å². The minimum Gasteiger partial charge on any atom is -0.326 e. The Balaban J connectivity index is 0.00000180. The van der Waals surface area contributed by atoms with E-state index in [0.717, 1.165) is 31.4 Å². The van der Waals surface area contributed by atoms with Gasteiger partial charge in [0.2, 0.25) is 5.91 Å². The lowest BCUT2D eigenvalue weighted by Gasteiger charge is -2.28. The molecule has 1 aliphatic rings. The highest BCUT2D eigenvalue weighted by atomic mass is 35.5. The van der Waals surface area contributed by atoms with E-state index in [0.29, 0.717) is 6.04 Å². The van der Waals surface area contributed by atoms with E-state index in [1.807, 2.05) is 19.2 Å². The van der Waals surface area contributed by atoms with Crippen molar-refractivity contribution in [1.29, 1.82) is 0 Å². The third-order valence-electron chi connectivity index (χ3n) is 3.39. The summed E-state index contributed by atoms with van der Waals surface area (Å²) in [5.74, 6) is 0.261. The average molecular weight is 321 g/mol. The van der Waals surface area contributed by atoms with Gasteiger partial charge in [0.15, 0.2) is 0 Å². The Morgan fingerprint density at radius 3 is 2.30 bits per heavy atom. The number of carbonyl (C=O) groups excluding carboxylic acids is 1. The van der Waals surface area contributed by atoms with Crippen LogP contribution in [0.25, 0.3) is 0 Å². The molecule has 1 heterocycles. The molecule has 1 aromatic rings. The Labute approximate surface area is 132 Å². The molecular formula is C13H22Cl2N4O. The predicted molar refractivity (Wildman–Crippen MR) is 85.3 cm³/mol. The zero-order valence-electron chi connectivity index (χ0n) is 11.5. The zero-order chi connectivity index (χ0) is 12.8. The highest BCUT2D eigenvalue weighted by Gasteiger charge is 2.25. The molecule has 1 fully saturated rings. The van der Waals surface area contributed by atoms with Crippen molar-refractivity contribution in [2.75, 3.05) is 12.4 Å². The van der Waals surface area contributed by atoms with Crippen LogP contribution in [-0.2, 0) is 4.79 Å². The molecule has 1 aliphatic carbocycles. The second kappa shape index (κ2) is 9.94. The van der Waals surface area contributed by atoms with Crippen LogP contribution in [-0.4, -0.2) is 24.0 Å². The first-order valence-corrected chi connectivity index (χ1v) is 6.42. The number of hydrogen-bond donors (Lipinski definition) is 3. The predicted octanol–water partition coefficient (Wildman–Crippen LogP) is 2.15. The quantitative estimate of drug-likeness (QED) is 0.744. The van der Waals surface area contributed by atoms with E-state index in [1.54, 1.807) is 12.4 Å². The number of aromatic nitrogens is 1. The van der Waals surface area contributed by atoms with Gasteiger partial charge in [-0.2, -0.15) is 0 Å². The highest BCUT2D eigenvalue weighted by Crippen LogP contribution is 2.25. The van der Waals surface area contributed by atoms with Gasteiger partial charge in [-0.1, -0.05) is 0 Å². The molecule has 20 heavy (non-hydrogen) atoms. The van der Waals surface area contributed by atoms with E-state index in [-0.39, 0.29) is 36.6 Å². The lowest BCUT2D eigenvalue weighted by Crippen LogP contribution is -2.42. The van der Waals surface area contributed by atoms with Gasteiger partial charge in [-0.15, -0.1) is 24.8 Å². The average Bonchev–Trinajstić information content (AvgIpc) is 2.41. The minimum atomic E-state index is 0. The molecule has 1 amide bonds. The summed E-state index contributed by atoms with van der Waals surface area (Å²) in [6, 6.07) is 4.11. The molecular weight excluding hydrogens is 299 g/mol. The number of rotatable bonds is 4. The summed E-state index contributed by atoms with van der Waals surface area (Å²) in [6.45, 7) is 0. The molecule has 114 valence electrons. The third-order valence-corrected chi connectivity index (χ3v) is 3.39. The van der Waals surface area contributed by atoms with Crippen LogP contribution >= 0.6 is 24.8 Å². The maximum absolute atomic E-state index is 12.1. The number of anilines is 1. The van der Waals surface area contributed by atoms with Gasteiger partial charge < -0.3 is 5.32 Å². The first-order valence-electron chi connectivity index (χ1n) is 6.42. The fourth-order valence-electron chi connectivity index (χ4n) is 2.38. The van der Waals surface area contributed by atoms with Crippen molar-refractivity contribution in [3.8, 4) is 0 Å². The molecule has 0 spiro atoms. The molecule has 3 N–H and O–H groups in total. The fraction of sp³-hybridized carbons (Fsp3) is 0.538. The summed E-state index contributed by atoms with van der Waals surface area (Å²) < 4.78 is 0.